The first-order valence-corrected chi connectivity index (χ1v) is 5.25. The predicted molar refractivity (Wildman–Crippen MR) is 59.3 cm³/mol. The standard InChI is InChI=1S/C12H14N2O2/c1-15-11-3-2-9(7-13)6-10(11)12-8-14-4-5-16-12/h2-3,6,12,14H,4-5,8H2,1H3/t12-/m1/s1. The molecule has 0 amide bonds. The normalized spacial score (nSPS) is 20.1. The minimum absolute atomic E-state index is 0.0306. The number of nitriles is 1. The van der Waals surface area contributed by atoms with Crippen LogP contribution < -0.4 is 10.1 Å². The molecule has 1 aliphatic heterocycles. The Labute approximate surface area is 94.8 Å². The van der Waals surface area contributed by atoms with Crippen molar-refractivity contribution < 1.29 is 9.47 Å². The molecule has 2 rings (SSSR count). The summed E-state index contributed by atoms with van der Waals surface area (Å²) in [5, 5.41) is 12.1. The number of ether oxygens (including phenoxy) is 2. The highest BCUT2D eigenvalue weighted by Crippen LogP contribution is 2.29. The number of nitrogens with one attached hydrogen (secondary N) is 1. The van der Waals surface area contributed by atoms with E-state index in [0.29, 0.717) is 12.2 Å². The van der Waals surface area contributed by atoms with E-state index in [2.05, 4.69) is 11.4 Å². The molecule has 1 aromatic rings. The van der Waals surface area contributed by atoms with Crippen LogP contribution in [0.4, 0.5) is 0 Å². The van der Waals surface area contributed by atoms with E-state index in [1.54, 1.807) is 13.2 Å². The number of nitrogens with zero attached hydrogens (tertiary/aromatic N) is 1. The molecule has 4 nitrogen and oxygen atoms in total. The van der Waals surface area contributed by atoms with Crippen molar-refractivity contribution in [3.05, 3.63) is 29.3 Å². The van der Waals surface area contributed by atoms with Crippen LogP contribution in [0.5, 0.6) is 5.75 Å². The van der Waals surface area contributed by atoms with Crippen molar-refractivity contribution in [2.75, 3.05) is 26.8 Å². The van der Waals surface area contributed by atoms with Gasteiger partial charge >= 0.3 is 0 Å². The third kappa shape index (κ3) is 2.16. The van der Waals surface area contributed by atoms with E-state index in [1.807, 2.05) is 12.1 Å². The molecule has 1 aromatic carbocycles. The Bertz CT molecular complexity index is 406. The lowest BCUT2D eigenvalue weighted by molar-refractivity contribution is 0.0262. The zero-order valence-electron chi connectivity index (χ0n) is 9.19. The summed E-state index contributed by atoms with van der Waals surface area (Å²) in [5.74, 6) is 0.771. The van der Waals surface area contributed by atoms with Crippen molar-refractivity contribution in [1.29, 1.82) is 5.26 Å². The Hall–Kier alpha value is -1.57. The van der Waals surface area contributed by atoms with Crippen LogP contribution in [-0.2, 0) is 4.74 Å². The van der Waals surface area contributed by atoms with E-state index in [0.717, 1.165) is 24.4 Å². The monoisotopic (exact) mass is 218 g/mol. The first-order chi connectivity index (χ1) is 7.85. The second kappa shape index (κ2) is 4.97. The molecule has 0 radical (unpaired) electrons. The Morgan fingerprint density at radius 2 is 2.44 bits per heavy atom. The van der Waals surface area contributed by atoms with Gasteiger partial charge in [-0.05, 0) is 18.2 Å². The molecule has 0 aliphatic carbocycles. The van der Waals surface area contributed by atoms with E-state index in [1.165, 1.54) is 0 Å². The Balaban J connectivity index is 2.32. The number of hydrogen-bond acceptors (Lipinski definition) is 4. The quantitative estimate of drug-likeness (QED) is 0.811. The van der Waals surface area contributed by atoms with Gasteiger partial charge in [-0.25, -0.2) is 0 Å². The molecule has 1 heterocycles. The molecule has 16 heavy (non-hydrogen) atoms. The molecule has 0 saturated carbocycles. The van der Waals surface area contributed by atoms with Gasteiger partial charge in [0.15, 0.2) is 0 Å². The van der Waals surface area contributed by atoms with Crippen LogP contribution in [0.2, 0.25) is 0 Å². The largest absolute Gasteiger partial charge is 0.496 e. The minimum Gasteiger partial charge on any atom is -0.496 e. The lowest BCUT2D eigenvalue weighted by atomic mass is 10.0. The average Bonchev–Trinajstić information content (AvgIpc) is 2.39. The average molecular weight is 218 g/mol. The van der Waals surface area contributed by atoms with E-state index in [9.17, 15) is 0 Å². The van der Waals surface area contributed by atoms with Gasteiger partial charge in [-0.2, -0.15) is 5.26 Å². The van der Waals surface area contributed by atoms with Crippen LogP contribution in [0.1, 0.15) is 17.2 Å². The molecule has 84 valence electrons. The van der Waals surface area contributed by atoms with Gasteiger partial charge in [-0.1, -0.05) is 0 Å². The van der Waals surface area contributed by atoms with Crippen molar-refractivity contribution in [2.24, 2.45) is 0 Å². The summed E-state index contributed by atoms with van der Waals surface area (Å²) in [4.78, 5) is 0. The first-order valence-electron chi connectivity index (χ1n) is 5.25. The van der Waals surface area contributed by atoms with Crippen molar-refractivity contribution >= 4 is 0 Å². The van der Waals surface area contributed by atoms with Crippen LogP contribution in [0, 0.1) is 11.3 Å². The fourth-order valence-corrected chi connectivity index (χ4v) is 1.82. The molecule has 1 fully saturated rings. The van der Waals surface area contributed by atoms with Crippen LogP contribution in [0.3, 0.4) is 0 Å². The Kier molecular flexibility index (Phi) is 3.40. The summed E-state index contributed by atoms with van der Waals surface area (Å²) < 4.78 is 10.9. The summed E-state index contributed by atoms with van der Waals surface area (Å²) in [7, 11) is 1.63. The molecular formula is C12H14N2O2. The summed E-state index contributed by atoms with van der Waals surface area (Å²) in [6, 6.07) is 7.52. The Morgan fingerprint density at radius 1 is 1.56 bits per heavy atom. The van der Waals surface area contributed by atoms with E-state index in [4.69, 9.17) is 14.7 Å². The third-order valence-corrected chi connectivity index (χ3v) is 2.63. The van der Waals surface area contributed by atoms with Gasteiger partial charge in [0, 0.05) is 18.7 Å². The number of rotatable bonds is 2. The number of morpholine rings is 1. The van der Waals surface area contributed by atoms with Crippen LogP contribution >= 0.6 is 0 Å². The van der Waals surface area contributed by atoms with Gasteiger partial charge < -0.3 is 14.8 Å². The lowest BCUT2D eigenvalue weighted by Crippen LogP contribution is -2.33. The molecule has 0 aromatic heterocycles. The van der Waals surface area contributed by atoms with Gasteiger partial charge in [-0.3, -0.25) is 0 Å². The highest BCUT2D eigenvalue weighted by Gasteiger charge is 2.19. The van der Waals surface area contributed by atoms with Crippen molar-refractivity contribution in [3.8, 4) is 11.8 Å². The first kappa shape index (κ1) is 10.9. The molecule has 1 aliphatic rings. The summed E-state index contributed by atoms with van der Waals surface area (Å²) >= 11 is 0. The molecule has 0 bridgehead atoms. The van der Waals surface area contributed by atoms with Crippen LogP contribution in [0.15, 0.2) is 18.2 Å². The molecule has 0 spiro atoms. The van der Waals surface area contributed by atoms with E-state index < -0.39 is 0 Å². The van der Waals surface area contributed by atoms with Crippen molar-refractivity contribution in [1.82, 2.24) is 5.32 Å². The number of methoxy groups -OCH3 is 1. The maximum absolute atomic E-state index is 8.88. The smallest absolute Gasteiger partial charge is 0.124 e. The molecule has 1 N–H and O–H groups in total. The molecule has 1 saturated heterocycles. The SMILES string of the molecule is COc1ccc(C#N)cc1[C@H]1CNCCO1. The summed E-state index contributed by atoms with van der Waals surface area (Å²) in [6.07, 6.45) is -0.0306. The van der Waals surface area contributed by atoms with Crippen molar-refractivity contribution in [2.45, 2.75) is 6.10 Å². The van der Waals surface area contributed by atoms with Crippen LogP contribution in [-0.4, -0.2) is 26.8 Å². The topological polar surface area (TPSA) is 54.3 Å². The number of hydrogen-bond donors (Lipinski definition) is 1. The summed E-state index contributed by atoms with van der Waals surface area (Å²) in [6.45, 7) is 2.31. The Morgan fingerprint density at radius 3 is 3.06 bits per heavy atom. The highest BCUT2D eigenvalue weighted by molar-refractivity contribution is 5.43. The second-order valence-corrected chi connectivity index (χ2v) is 3.63. The van der Waals surface area contributed by atoms with Crippen LogP contribution in [0.25, 0.3) is 0 Å². The lowest BCUT2D eigenvalue weighted by Gasteiger charge is -2.25. The maximum atomic E-state index is 8.88. The zero-order chi connectivity index (χ0) is 11.4. The minimum atomic E-state index is -0.0306. The van der Waals surface area contributed by atoms with Gasteiger partial charge in [0.05, 0.1) is 31.5 Å². The van der Waals surface area contributed by atoms with Crippen molar-refractivity contribution in [3.63, 3.8) is 0 Å². The molecule has 1 atom stereocenters. The van der Waals surface area contributed by atoms with Gasteiger partial charge in [-0.15, -0.1) is 0 Å². The van der Waals surface area contributed by atoms with E-state index in [-0.39, 0.29) is 6.10 Å². The fraction of sp³-hybridized carbons (Fsp3) is 0.417. The zero-order valence-corrected chi connectivity index (χ0v) is 9.19. The second-order valence-electron chi connectivity index (χ2n) is 3.63. The van der Waals surface area contributed by atoms with Gasteiger partial charge in [0.1, 0.15) is 5.75 Å². The molecular weight excluding hydrogens is 204 g/mol. The van der Waals surface area contributed by atoms with E-state index >= 15 is 0 Å². The number of benzene rings is 1. The third-order valence-electron chi connectivity index (χ3n) is 2.63. The predicted octanol–water partition coefficient (Wildman–Crippen LogP) is 1.23. The fourth-order valence-electron chi connectivity index (χ4n) is 1.82. The van der Waals surface area contributed by atoms with Gasteiger partial charge in [0.25, 0.3) is 0 Å². The molecule has 4 heteroatoms. The molecule has 0 unspecified atom stereocenters. The summed E-state index contributed by atoms with van der Waals surface area (Å²) in [5.41, 5.74) is 1.57. The maximum Gasteiger partial charge on any atom is 0.124 e. The highest BCUT2D eigenvalue weighted by atomic mass is 16.5. The van der Waals surface area contributed by atoms with Gasteiger partial charge in [0.2, 0.25) is 0 Å².